The van der Waals surface area contributed by atoms with Gasteiger partial charge in [-0.3, -0.25) is 0 Å². The molecule has 1 nitrogen and oxygen atoms in total. The third-order valence-electron chi connectivity index (χ3n) is 3.24. The maximum atomic E-state index is 4.63. The van der Waals surface area contributed by atoms with E-state index in [4.69, 9.17) is 0 Å². The van der Waals surface area contributed by atoms with Crippen molar-refractivity contribution in [3.63, 3.8) is 0 Å². The summed E-state index contributed by atoms with van der Waals surface area (Å²) in [5.74, 6) is 0. The first-order valence-electron chi connectivity index (χ1n) is 4.51. The molecule has 2 rings (SSSR count). The Morgan fingerprint density at radius 3 is 2.60 bits per heavy atom. The summed E-state index contributed by atoms with van der Waals surface area (Å²) in [6.45, 7) is 3.44. The number of hydrogen-bond acceptors (Lipinski definition) is 0. The molecule has 1 spiro atoms. The monoisotopic (exact) mass is 138 g/mol. The van der Waals surface area contributed by atoms with Gasteiger partial charge in [-0.25, -0.2) is 0 Å². The quantitative estimate of drug-likeness (QED) is 0.529. The van der Waals surface area contributed by atoms with E-state index < -0.39 is 0 Å². The van der Waals surface area contributed by atoms with Crippen molar-refractivity contribution in [2.75, 3.05) is 6.54 Å². The van der Waals surface area contributed by atoms with Crippen LogP contribution in [0.3, 0.4) is 0 Å². The van der Waals surface area contributed by atoms with Crippen LogP contribution in [0.2, 0.25) is 0 Å². The summed E-state index contributed by atoms with van der Waals surface area (Å²) in [7, 11) is 0. The summed E-state index contributed by atoms with van der Waals surface area (Å²) in [6.07, 6.45) is 7.07. The first kappa shape index (κ1) is 6.66. The second kappa shape index (κ2) is 2.23. The van der Waals surface area contributed by atoms with Crippen molar-refractivity contribution in [1.82, 2.24) is 0 Å². The van der Waals surface area contributed by atoms with E-state index in [9.17, 15) is 0 Å². The van der Waals surface area contributed by atoms with Crippen LogP contribution >= 0.6 is 0 Å². The van der Waals surface area contributed by atoms with Crippen LogP contribution in [0.4, 0.5) is 0 Å². The third kappa shape index (κ3) is 0.878. The number of hydrogen-bond donors (Lipinski definition) is 0. The first-order valence-corrected chi connectivity index (χ1v) is 4.51. The van der Waals surface area contributed by atoms with Crippen LogP contribution in [0.15, 0.2) is 0 Å². The maximum Gasteiger partial charge on any atom is -0.0493 e. The molecule has 0 radical (unpaired) electrons. The average Bonchev–Trinajstić information content (AvgIpc) is 2.29. The summed E-state index contributed by atoms with van der Waals surface area (Å²) < 4.78 is 0. The van der Waals surface area contributed by atoms with E-state index in [1.54, 1.807) is 0 Å². The number of rotatable bonds is 1. The minimum Gasteiger partial charge on any atom is -0.659 e. The van der Waals surface area contributed by atoms with Crippen molar-refractivity contribution in [3.05, 3.63) is 5.32 Å². The van der Waals surface area contributed by atoms with Crippen LogP contribution in [0, 0.1) is 5.41 Å². The van der Waals surface area contributed by atoms with Crippen molar-refractivity contribution in [3.8, 4) is 0 Å². The van der Waals surface area contributed by atoms with Gasteiger partial charge in [0.05, 0.1) is 0 Å². The normalized spacial score (nSPS) is 36.3. The van der Waals surface area contributed by atoms with Gasteiger partial charge in [-0.1, -0.05) is 26.2 Å². The van der Waals surface area contributed by atoms with Crippen LogP contribution in [0.25, 0.3) is 5.32 Å². The Kier molecular flexibility index (Phi) is 1.48. The molecule has 0 aromatic carbocycles. The molecule has 1 aliphatic heterocycles. The van der Waals surface area contributed by atoms with E-state index in [0.29, 0.717) is 0 Å². The zero-order valence-electron chi connectivity index (χ0n) is 6.77. The van der Waals surface area contributed by atoms with E-state index >= 15 is 0 Å². The van der Waals surface area contributed by atoms with Gasteiger partial charge in [-0.05, 0) is 18.3 Å². The van der Waals surface area contributed by atoms with Crippen molar-refractivity contribution >= 4 is 0 Å². The van der Waals surface area contributed by atoms with Gasteiger partial charge in [0.25, 0.3) is 0 Å². The molecular formula is C9H16N-. The topological polar surface area (TPSA) is 14.1 Å². The third-order valence-corrected chi connectivity index (χ3v) is 3.24. The van der Waals surface area contributed by atoms with Crippen molar-refractivity contribution in [2.45, 2.75) is 45.1 Å². The van der Waals surface area contributed by atoms with Gasteiger partial charge >= 0.3 is 0 Å². The van der Waals surface area contributed by atoms with Crippen LogP contribution in [0.5, 0.6) is 0 Å². The molecule has 10 heavy (non-hydrogen) atoms. The van der Waals surface area contributed by atoms with E-state index in [2.05, 4.69) is 12.2 Å². The highest BCUT2D eigenvalue weighted by atomic mass is 15.0. The molecule has 2 fully saturated rings. The highest BCUT2D eigenvalue weighted by Gasteiger charge is 2.36. The second-order valence-electron chi connectivity index (χ2n) is 3.96. The Balaban J connectivity index is 1.92. The molecule has 0 bridgehead atoms. The molecule has 0 N–H and O–H groups in total. The lowest BCUT2D eigenvalue weighted by atomic mass is 9.67. The lowest BCUT2D eigenvalue weighted by molar-refractivity contribution is 0.161. The summed E-state index contributed by atoms with van der Waals surface area (Å²) >= 11 is 0. The molecule has 1 saturated heterocycles. The lowest BCUT2D eigenvalue weighted by Crippen LogP contribution is -2.29. The van der Waals surface area contributed by atoms with Crippen molar-refractivity contribution in [1.29, 1.82) is 0 Å². The zero-order valence-corrected chi connectivity index (χ0v) is 6.77. The highest BCUT2D eigenvalue weighted by Crippen LogP contribution is 2.51. The van der Waals surface area contributed by atoms with E-state index in [1.807, 2.05) is 0 Å². The molecule has 1 heteroatoms. The Morgan fingerprint density at radius 1 is 1.50 bits per heavy atom. The molecule has 0 aromatic rings. The highest BCUT2D eigenvalue weighted by molar-refractivity contribution is 5.11. The Hall–Kier alpha value is -0.0400. The predicted octanol–water partition coefficient (Wildman–Crippen LogP) is 2.71. The van der Waals surface area contributed by atoms with Crippen LogP contribution in [-0.2, 0) is 0 Å². The molecule has 2 aliphatic rings. The molecule has 1 unspecified atom stereocenters. The van der Waals surface area contributed by atoms with E-state index in [-0.39, 0.29) is 0 Å². The summed E-state index contributed by atoms with van der Waals surface area (Å²) in [5, 5.41) is 4.63. The lowest BCUT2D eigenvalue weighted by Gasteiger charge is -2.41. The molecule has 0 amide bonds. The molecule has 1 atom stereocenters. The fourth-order valence-corrected chi connectivity index (χ4v) is 2.26. The fourth-order valence-electron chi connectivity index (χ4n) is 2.26. The molecular weight excluding hydrogens is 122 g/mol. The summed E-state index contributed by atoms with van der Waals surface area (Å²) in [6, 6.07) is 0.722. The van der Waals surface area contributed by atoms with Gasteiger partial charge < -0.3 is 5.32 Å². The van der Waals surface area contributed by atoms with Gasteiger partial charge in [0.15, 0.2) is 0 Å². The van der Waals surface area contributed by atoms with E-state index in [1.165, 1.54) is 38.6 Å². The van der Waals surface area contributed by atoms with Crippen molar-refractivity contribution < 1.29 is 0 Å². The average molecular weight is 138 g/mol. The van der Waals surface area contributed by atoms with Crippen LogP contribution < -0.4 is 0 Å². The fraction of sp³-hybridized carbons (Fsp3) is 1.00. The Bertz CT molecular complexity index is 127. The second-order valence-corrected chi connectivity index (χ2v) is 3.96. The van der Waals surface area contributed by atoms with Gasteiger partial charge in [0.1, 0.15) is 0 Å². The smallest absolute Gasteiger partial charge is 0.0493 e. The zero-order chi connectivity index (χ0) is 7.03. The molecule has 1 saturated carbocycles. The Morgan fingerprint density at radius 2 is 2.30 bits per heavy atom. The molecule has 0 aromatic heterocycles. The molecule has 1 heterocycles. The largest absolute Gasteiger partial charge is 0.659 e. The van der Waals surface area contributed by atoms with Gasteiger partial charge in [0.2, 0.25) is 0 Å². The molecule has 1 aliphatic carbocycles. The molecule has 58 valence electrons. The van der Waals surface area contributed by atoms with Gasteiger partial charge in [0, 0.05) is 0 Å². The standard InChI is InChI=1S/C9H16N/c1-2-8-6-9(7-10-8)4-3-5-9/h8H,2-7H2,1H3/q-1. The maximum absolute atomic E-state index is 4.63. The van der Waals surface area contributed by atoms with Crippen LogP contribution in [0.1, 0.15) is 39.0 Å². The SMILES string of the molecule is CCC1CC2(CCC2)C[N-]1. The summed E-state index contributed by atoms with van der Waals surface area (Å²) in [4.78, 5) is 0. The predicted molar refractivity (Wildman–Crippen MR) is 43.2 cm³/mol. The minimum atomic E-state index is 0.722. The van der Waals surface area contributed by atoms with E-state index in [0.717, 1.165) is 11.5 Å². The van der Waals surface area contributed by atoms with Gasteiger partial charge in [-0.15, -0.1) is 12.6 Å². The van der Waals surface area contributed by atoms with Gasteiger partial charge in [-0.2, -0.15) is 0 Å². The number of nitrogens with zero attached hydrogens (tertiary/aromatic N) is 1. The van der Waals surface area contributed by atoms with Crippen molar-refractivity contribution in [2.24, 2.45) is 5.41 Å². The van der Waals surface area contributed by atoms with Crippen LogP contribution in [-0.4, -0.2) is 12.6 Å². The Labute approximate surface area is 63.2 Å². The summed E-state index contributed by atoms with van der Waals surface area (Å²) in [5.41, 5.74) is 0.723. The first-order chi connectivity index (χ1) is 4.85. The minimum absolute atomic E-state index is 0.722.